The molecule has 2 heterocycles. The molecule has 0 atom stereocenters. The van der Waals surface area contributed by atoms with Crippen LogP contribution in [-0.4, -0.2) is 40.8 Å². The molecule has 0 saturated heterocycles. The zero-order valence-corrected chi connectivity index (χ0v) is 10.5. The number of hydrogen-bond acceptors (Lipinski definition) is 6. The highest BCUT2D eigenvalue weighted by Gasteiger charge is 2.11. The molecule has 96 valence electrons. The van der Waals surface area contributed by atoms with Crippen molar-refractivity contribution in [2.75, 3.05) is 0 Å². The second-order valence-corrected chi connectivity index (χ2v) is 4.42. The van der Waals surface area contributed by atoms with Crippen LogP contribution >= 0.6 is 11.8 Å². The summed E-state index contributed by atoms with van der Waals surface area (Å²) in [6.07, 6.45) is 3.54. The van der Waals surface area contributed by atoms with Crippen molar-refractivity contribution < 1.29 is 9.90 Å². The van der Waals surface area contributed by atoms with Gasteiger partial charge in [-0.25, -0.2) is 9.67 Å². The quantitative estimate of drug-likeness (QED) is 0.750. The van der Waals surface area contributed by atoms with Gasteiger partial charge in [0.25, 0.3) is 0 Å². The molecule has 0 radical (unpaired) electrons. The van der Waals surface area contributed by atoms with Crippen molar-refractivity contribution in [2.24, 2.45) is 0 Å². The molecule has 0 aliphatic heterocycles. The Morgan fingerprint density at radius 2 is 2.39 bits per heavy atom. The van der Waals surface area contributed by atoms with Crippen molar-refractivity contribution in [3.63, 3.8) is 0 Å². The summed E-state index contributed by atoms with van der Waals surface area (Å²) >= 11 is 1.39. The van der Waals surface area contributed by atoms with Gasteiger partial charge in [0.2, 0.25) is 5.16 Å². The van der Waals surface area contributed by atoms with Gasteiger partial charge in [0.05, 0.1) is 6.33 Å². The molecular formula is C9H12N6O2S. The van der Waals surface area contributed by atoms with E-state index in [0.717, 1.165) is 12.2 Å². The van der Waals surface area contributed by atoms with Gasteiger partial charge in [-0.1, -0.05) is 11.8 Å². The van der Waals surface area contributed by atoms with Crippen molar-refractivity contribution >= 4 is 17.7 Å². The fraction of sp³-hybridized carbons (Fsp3) is 0.444. The molecule has 2 aromatic heterocycles. The highest BCUT2D eigenvalue weighted by molar-refractivity contribution is 7.98. The molecule has 18 heavy (non-hydrogen) atoms. The first-order chi connectivity index (χ1) is 8.70. The van der Waals surface area contributed by atoms with Gasteiger partial charge in [0, 0.05) is 24.2 Å². The van der Waals surface area contributed by atoms with Crippen LogP contribution < -0.4 is 0 Å². The molecule has 0 bridgehead atoms. The molecule has 0 saturated carbocycles. The van der Waals surface area contributed by atoms with Gasteiger partial charge in [0.1, 0.15) is 6.54 Å². The molecule has 0 aliphatic rings. The lowest BCUT2D eigenvalue weighted by molar-refractivity contribution is -0.138. The number of carboxylic acids is 1. The molecule has 9 heteroatoms. The standard InChI is InChI=1S/C9H12N6O2S/c1-2-14-6-10-3-7(14)5-18-9-11-12-13-15(9)4-8(16)17/h3,6H,2,4-5H2,1H3,(H,16,17). The van der Waals surface area contributed by atoms with E-state index in [1.54, 1.807) is 12.5 Å². The molecule has 0 aliphatic carbocycles. The Kier molecular flexibility index (Phi) is 3.92. The number of nitrogens with zero attached hydrogens (tertiary/aromatic N) is 6. The summed E-state index contributed by atoms with van der Waals surface area (Å²) in [4.78, 5) is 14.7. The summed E-state index contributed by atoms with van der Waals surface area (Å²) < 4.78 is 3.28. The Hall–Kier alpha value is -1.90. The summed E-state index contributed by atoms with van der Waals surface area (Å²) in [7, 11) is 0. The highest BCUT2D eigenvalue weighted by atomic mass is 32.2. The molecule has 2 rings (SSSR count). The number of carboxylic acid groups (broad SMARTS) is 1. The van der Waals surface area contributed by atoms with E-state index in [4.69, 9.17) is 5.11 Å². The van der Waals surface area contributed by atoms with Crippen LogP contribution in [-0.2, 0) is 23.6 Å². The van der Waals surface area contributed by atoms with Crippen LogP contribution in [0.3, 0.4) is 0 Å². The smallest absolute Gasteiger partial charge is 0.325 e. The minimum absolute atomic E-state index is 0.234. The maximum Gasteiger partial charge on any atom is 0.325 e. The Bertz CT molecular complexity index is 537. The van der Waals surface area contributed by atoms with Crippen molar-refractivity contribution in [1.29, 1.82) is 0 Å². The average molecular weight is 268 g/mol. The third-order valence-corrected chi connectivity index (χ3v) is 3.26. The van der Waals surface area contributed by atoms with Crippen LogP contribution in [0.15, 0.2) is 17.7 Å². The van der Waals surface area contributed by atoms with Crippen LogP contribution in [0.25, 0.3) is 0 Å². The number of rotatable bonds is 6. The predicted molar refractivity (Wildman–Crippen MR) is 62.9 cm³/mol. The van der Waals surface area contributed by atoms with E-state index in [-0.39, 0.29) is 6.54 Å². The summed E-state index contributed by atoms with van der Waals surface area (Å²) in [6.45, 7) is 2.64. The Labute approximate surface area is 107 Å². The molecule has 0 fully saturated rings. The maximum absolute atomic E-state index is 10.6. The van der Waals surface area contributed by atoms with E-state index in [1.807, 2.05) is 11.5 Å². The zero-order chi connectivity index (χ0) is 13.0. The molecule has 0 amide bonds. The lowest BCUT2D eigenvalue weighted by Crippen LogP contribution is -2.11. The average Bonchev–Trinajstić information content (AvgIpc) is 2.94. The molecule has 2 aromatic rings. The summed E-state index contributed by atoms with van der Waals surface area (Å²) in [5.74, 6) is -0.323. The van der Waals surface area contributed by atoms with Crippen molar-refractivity contribution in [1.82, 2.24) is 29.8 Å². The highest BCUT2D eigenvalue weighted by Crippen LogP contribution is 2.19. The first-order valence-corrected chi connectivity index (χ1v) is 6.29. The molecular weight excluding hydrogens is 256 g/mol. The topological polar surface area (TPSA) is 98.7 Å². The van der Waals surface area contributed by atoms with Gasteiger partial charge in [-0.2, -0.15) is 0 Å². The van der Waals surface area contributed by atoms with Crippen molar-refractivity contribution in [3.05, 3.63) is 18.2 Å². The number of aliphatic carboxylic acids is 1. The molecule has 0 unspecified atom stereocenters. The first kappa shape index (κ1) is 12.6. The lowest BCUT2D eigenvalue weighted by Gasteiger charge is -2.04. The second kappa shape index (κ2) is 5.63. The lowest BCUT2D eigenvalue weighted by atomic mass is 10.5. The predicted octanol–water partition coefficient (Wildman–Crippen LogP) is 0.266. The van der Waals surface area contributed by atoms with E-state index in [2.05, 4.69) is 20.5 Å². The fourth-order valence-electron chi connectivity index (χ4n) is 1.42. The number of tetrazole rings is 1. The minimum Gasteiger partial charge on any atom is -0.480 e. The number of aryl methyl sites for hydroxylation is 1. The molecule has 0 aromatic carbocycles. The number of imidazole rings is 1. The molecule has 8 nitrogen and oxygen atoms in total. The number of hydrogen-bond donors (Lipinski definition) is 1. The number of carbonyl (C=O) groups is 1. The second-order valence-electron chi connectivity index (χ2n) is 3.47. The Morgan fingerprint density at radius 3 is 3.11 bits per heavy atom. The summed E-state index contributed by atoms with van der Waals surface area (Å²) in [6, 6.07) is 0. The molecule has 0 spiro atoms. The SMILES string of the molecule is CCn1cncc1CSc1nnnn1CC(=O)O. The van der Waals surface area contributed by atoms with Crippen LogP contribution in [0.5, 0.6) is 0 Å². The van der Waals surface area contributed by atoms with Crippen LogP contribution in [0.1, 0.15) is 12.6 Å². The monoisotopic (exact) mass is 268 g/mol. The largest absolute Gasteiger partial charge is 0.480 e. The Morgan fingerprint density at radius 1 is 1.56 bits per heavy atom. The first-order valence-electron chi connectivity index (χ1n) is 5.30. The maximum atomic E-state index is 10.6. The molecule has 1 N–H and O–H groups in total. The zero-order valence-electron chi connectivity index (χ0n) is 9.72. The van der Waals surface area contributed by atoms with Crippen LogP contribution in [0, 0.1) is 0 Å². The van der Waals surface area contributed by atoms with Crippen LogP contribution in [0.2, 0.25) is 0 Å². The minimum atomic E-state index is -0.970. The van der Waals surface area contributed by atoms with Gasteiger partial charge in [0.15, 0.2) is 0 Å². The van der Waals surface area contributed by atoms with Gasteiger partial charge < -0.3 is 9.67 Å². The Balaban J connectivity index is 2.02. The van der Waals surface area contributed by atoms with E-state index in [1.165, 1.54) is 16.4 Å². The van der Waals surface area contributed by atoms with Crippen molar-refractivity contribution in [2.45, 2.75) is 30.9 Å². The summed E-state index contributed by atoms with van der Waals surface area (Å²) in [5.41, 5.74) is 1.05. The van der Waals surface area contributed by atoms with Gasteiger partial charge in [-0.15, -0.1) is 5.10 Å². The van der Waals surface area contributed by atoms with E-state index in [9.17, 15) is 4.79 Å². The number of aromatic nitrogens is 6. The van der Waals surface area contributed by atoms with Gasteiger partial charge in [-0.05, 0) is 17.4 Å². The van der Waals surface area contributed by atoms with Crippen LogP contribution in [0.4, 0.5) is 0 Å². The third kappa shape index (κ3) is 2.86. The summed E-state index contributed by atoms with van der Waals surface area (Å²) in [5, 5.41) is 20.1. The normalized spacial score (nSPS) is 10.7. The van der Waals surface area contributed by atoms with E-state index < -0.39 is 5.97 Å². The van der Waals surface area contributed by atoms with E-state index >= 15 is 0 Å². The van der Waals surface area contributed by atoms with Gasteiger partial charge in [-0.3, -0.25) is 4.79 Å². The van der Waals surface area contributed by atoms with E-state index in [0.29, 0.717) is 10.9 Å². The fourth-order valence-corrected chi connectivity index (χ4v) is 2.28. The third-order valence-electron chi connectivity index (χ3n) is 2.27. The van der Waals surface area contributed by atoms with Crippen molar-refractivity contribution in [3.8, 4) is 0 Å². The van der Waals surface area contributed by atoms with Gasteiger partial charge >= 0.3 is 5.97 Å². The number of thioether (sulfide) groups is 1.